The molecule has 2 heterocycles. The van der Waals surface area contributed by atoms with E-state index in [9.17, 15) is 44.4 Å². The van der Waals surface area contributed by atoms with Crippen LogP contribution in [0.25, 0.3) is 0 Å². The van der Waals surface area contributed by atoms with Crippen molar-refractivity contribution in [2.45, 2.75) is 436 Å². The second-order valence-electron chi connectivity index (χ2n) is 28.1. The van der Waals surface area contributed by atoms with Crippen molar-refractivity contribution in [3.05, 3.63) is 12.2 Å². The molecule has 17 nitrogen and oxygen atoms in total. The maximum absolute atomic E-state index is 14.2. The van der Waals surface area contributed by atoms with Crippen LogP contribution in [-0.2, 0) is 52.4 Å². The summed E-state index contributed by atoms with van der Waals surface area (Å²) in [5, 5.41) is 51.3. The minimum atomic E-state index is -1.87. The van der Waals surface area contributed by atoms with E-state index >= 15 is 0 Å². The van der Waals surface area contributed by atoms with E-state index in [0.717, 1.165) is 96.3 Å². The fraction of sp³-hybridized carbons (Fsp3) is 0.910. The number of hydrogen-bond acceptors (Lipinski definition) is 15. The number of aliphatic hydroxyl groups excluding tert-OH is 4. The molecule has 0 saturated carbocycles. The maximum atomic E-state index is 14.2. The highest BCUT2D eigenvalue weighted by atomic mass is 16.7. The van der Waals surface area contributed by atoms with Gasteiger partial charge in [0.25, 0.3) is 0 Å². The number of rotatable bonds is 63. The summed E-state index contributed by atoms with van der Waals surface area (Å²) in [6.45, 7) is 11.2. The molecule has 0 radical (unpaired) electrons. The normalized spacial score (nSPS) is 22.0. The van der Waals surface area contributed by atoms with Gasteiger partial charge in [-0.25, -0.2) is 0 Å². The van der Waals surface area contributed by atoms with Gasteiger partial charge in [0, 0.05) is 25.2 Å². The molecule has 0 aromatic rings. The number of carbonyl (C=O) groups excluding carboxylic acids is 5. The number of esters is 3. The number of nitrogens with one attached hydrogen (secondary N) is 2. The van der Waals surface area contributed by atoms with Gasteiger partial charge >= 0.3 is 17.9 Å². The largest absolute Gasteiger partial charge is 0.462 e. The minimum absolute atomic E-state index is 0.0519. The number of amides is 2. The van der Waals surface area contributed by atoms with Crippen LogP contribution in [0.15, 0.2) is 12.2 Å². The van der Waals surface area contributed by atoms with Gasteiger partial charge in [0.2, 0.25) is 11.8 Å². The Labute approximate surface area is 578 Å². The predicted molar refractivity (Wildman–Crippen MR) is 380 cm³/mol. The van der Waals surface area contributed by atoms with Crippen molar-refractivity contribution in [1.29, 1.82) is 0 Å². The number of ether oxygens (including phenoxy) is 6. The van der Waals surface area contributed by atoms with Gasteiger partial charge in [-0.3, -0.25) is 24.0 Å². The molecule has 2 aliphatic heterocycles. The quantitative estimate of drug-likeness (QED) is 0.0143. The van der Waals surface area contributed by atoms with E-state index in [-0.39, 0.29) is 31.6 Å². The maximum Gasteiger partial charge on any atom is 0.308 e. The summed E-state index contributed by atoms with van der Waals surface area (Å²) in [5.41, 5.74) is 0. The molecular formula is C78H144N2O15. The lowest BCUT2D eigenvalue weighted by atomic mass is 9.88. The average molecular weight is 1350 g/mol. The molecule has 17 heteroatoms. The van der Waals surface area contributed by atoms with E-state index < -0.39 is 117 Å². The van der Waals surface area contributed by atoms with Crippen molar-refractivity contribution >= 4 is 29.7 Å². The van der Waals surface area contributed by atoms with Gasteiger partial charge in [0.05, 0.1) is 38.3 Å². The molecule has 0 aromatic carbocycles. The predicted octanol–water partition coefficient (Wildman–Crippen LogP) is 17.1. The highest BCUT2D eigenvalue weighted by Crippen LogP contribution is 2.32. The van der Waals surface area contributed by atoms with E-state index in [0.29, 0.717) is 32.1 Å². The minimum Gasteiger partial charge on any atom is -0.462 e. The Morgan fingerprint density at radius 3 is 1.39 bits per heavy atom. The van der Waals surface area contributed by atoms with Crippen LogP contribution >= 0.6 is 0 Å². The zero-order valence-corrected chi connectivity index (χ0v) is 61.3. The zero-order valence-electron chi connectivity index (χ0n) is 61.3. The van der Waals surface area contributed by atoms with E-state index in [1.807, 2.05) is 0 Å². The highest BCUT2D eigenvalue weighted by Gasteiger charge is 2.51. The van der Waals surface area contributed by atoms with E-state index in [1.165, 1.54) is 167 Å². The van der Waals surface area contributed by atoms with Gasteiger partial charge in [-0.2, -0.15) is 0 Å². The first-order chi connectivity index (χ1) is 46.2. The number of carbonyl (C=O) groups is 5. The van der Waals surface area contributed by atoms with Crippen LogP contribution in [0.3, 0.4) is 0 Å². The zero-order chi connectivity index (χ0) is 69.4. The van der Waals surface area contributed by atoms with Crippen LogP contribution in [0, 0.1) is 5.92 Å². The fourth-order valence-electron chi connectivity index (χ4n) is 13.3. The standard InChI is InChI=1S/C78H144N2O15/c1-7-12-16-20-24-27-28-29-30-31-32-33-34-35-36-37-38-41-45-48-52-56-67(83)79-73-75(94-69(85)11-5)62(6)65(60-81)93-78(73)90-61-66-74(88)76(95-71(87)58-63(82)54-50-46-43-39-25-21-17-13-8-2)72(77(89)92-66)80-68(84)59-64(55-51-47-44-40-26-22-18-14-9-3)91-70(86)57-53-49-42-23-19-15-10-4/h15,19,62-66,72-78,81-82,88-89H,7-14,16-18,20-61H2,1-6H3,(H,79,83)(H,80,84)/b19-15+. The Hall–Kier alpha value is -3.19. The van der Waals surface area contributed by atoms with E-state index in [4.69, 9.17) is 28.4 Å². The molecule has 0 spiro atoms. The second-order valence-corrected chi connectivity index (χ2v) is 28.1. The second kappa shape index (κ2) is 59.7. The van der Waals surface area contributed by atoms with Crippen molar-refractivity contribution in [3.8, 4) is 0 Å². The van der Waals surface area contributed by atoms with Gasteiger partial charge in [-0.15, -0.1) is 0 Å². The summed E-state index contributed by atoms with van der Waals surface area (Å²) in [5.74, 6) is -3.29. The highest BCUT2D eigenvalue weighted by molar-refractivity contribution is 5.78. The molecule has 2 rings (SSSR count). The Bertz CT molecular complexity index is 1910. The first kappa shape index (κ1) is 87.9. The Morgan fingerprint density at radius 2 is 0.905 bits per heavy atom. The molecule has 0 bridgehead atoms. The first-order valence-electron chi connectivity index (χ1n) is 39.6. The fourth-order valence-corrected chi connectivity index (χ4v) is 13.3. The summed E-state index contributed by atoms with van der Waals surface area (Å²) >= 11 is 0. The van der Waals surface area contributed by atoms with Gasteiger partial charge in [-0.1, -0.05) is 298 Å². The third-order valence-corrected chi connectivity index (χ3v) is 19.4. The first-order valence-corrected chi connectivity index (χ1v) is 39.6. The van der Waals surface area contributed by atoms with Crippen molar-refractivity contribution in [2.75, 3.05) is 13.2 Å². The van der Waals surface area contributed by atoms with Crippen LogP contribution in [0.4, 0.5) is 0 Å². The summed E-state index contributed by atoms with van der Waals surface area (Å²) in [6.07, 6.45) is 43.6. The molecule has 0 aliphatic carbocycles. The van der Waals surface area contributed by atoms with Crippen molar-refractivity contribution in [3.63, 3.8) is 0 Å². The van der Waals surface area contributed by atoms with E-state index in [1.54, 1.807) is 13.8 Å². The Morgan fingerprint density at radius 1 is 0.463 bits per heavy atom. The summed E-state index contributed by atoms with van der Waals surface area (Å²) < 4.78 is 36.5. The van der Waals surface area contributed by atoms with Crippen LogP contribution in [0.1, 0.15) is 369 Å². The van der Waals surface area contributed by atoms with Gasteiger partial charge in [0.1, 0.15) is 36.5 Å². The molecule has 2 fully saturated rings. The van der Waals surface area contributed by atoms with Crippen LogP contribution < -0.4 is 10.6 Å². The van der Waals surface area contributed by atoms with E-state index in [2.05, 4.69) is 50.5 Å². The lowest BCUT2D eigenvalue weighted by Gasteiger charge is -2.46. The lowest BCUT2D eigenvalue weighted by Crippen LogP contribution is -2.66. The number of hydrogen-bond donors (Lipinski definition) is 6. The molecule has 0 aromatic heterocycles. The van der Waals surface area contributed by atoms with Crippen LogP contribution in [0.5, 0.6) is 0 Å². The van der Waals surface area contributed by atoms with Crippen molar-refractivity contribution < 1.29 is 72.8 Å². The molecule has 556 valence electrons. The third kappa shape index (κ3) is 43.8. The van der Waals surface area contributed by atoms with Crippen molar-refractivity contribution in [1.82, 2.24) is 10.6 Å². The van der Waals surface area contributed by atoms with Crippen LogP contribution in [0.2, 0.25) is 0 Å². The topological polar surface area (TPSA) is 246 Å². The van der Waals surface area contributed by atoms with Gasteiger partial charge in [0.15, 0.2) is 18.7 Å². The van der Waals surface area contributed by atoms with Gasteiger partial charge in [-0.05, 0) is 51.4 Å². The Kier molecular flexibility index (Phi) is 55.2. The lowest BCUT2D eigenvalue weighted by molar-refractivity contribution is -0.294. The molecule has 2 saturated heterocycles. The molecule has 2 amide bonds. The molecular weight excluding hydrogens is 1200 g/mol. The number of unbranched alkanes of at least 4 members (excludes halogenated alkanes) is 39. The smallest absolute Gasteiger partial charge is 0.308 e. The number of aliphatic hydroxyl groups is 4. The molecule has 6 N–H and O–H groups in total. The summed E-state index contributed by atoms with van der Waals surface area (Å²) in [7, 11) is 0. The van der Waals surface area contributed by atoms with Crippen molar-refractivity contribution in [2.24, 2.45) is 5.92 Å². The average Bonchev–Trinajstić information content (AvgIpc) is 0.804. The van der Waals surface area contributed by atoms with Gasteiger partial charge < -0.3 is 59.5 Å². The third-order valence-electron chi connectivity index (χ3n) is 19.4. The monoisotopic (exact) mass is 1350 g/mol. The molecule has 2 aliphatic rings. The molecule has 12 atom stereocenters. The SMILES string of the molecule is CC/C=C/CCCCCC(=O)OC(CCCCCCCCCCC)CC(=O)NC1C(O)OC(COC2OC(CO)C(C)C(OC(=O)CC)C2NC(=O)CCCCCCCCCCCCCCCCCCCCCCC)C(O)C1OC(=O)CC(O)CCCCCCCCCCC. The summed E-state index contributed by atoms with van der Waals surface area (Å²) in [6, 6.07) is -2.57. The number of allylic oxidation sites excluding steroid dienone is 2. The molecule has 95 heavy (non-hydrogen) atoms. The van der Waals surface area contributed by atoms with Crippen LogP contribution in [-0.4, -0.2) is 131 Å². The summed E-state index contributed by atoms with van der Waals surface area (Å²) in [4.78, 5) is 68.1. The molecule has 12 unspecified atom stereocenters. The Balaban J connectivity index is 2.18.